The van der Waals surface area contributed by atoms with Gasteiger partial charge in [-0.25, -0.2) is 0 Å². The number of amides is 1. The van der Waals surface area contributed by atoms with Crippen LogP contribution in [0.15, 0.2) is 54.6 Å². The maximum Gasteiger partial charge on any atom is 0.260 e. The molecule has 132 valence electrons. The van der Waals surface area contributed by atoms with E-state index in [-0.39, 0.29) is 17.9 Å². The number of ether oxygens (including phenoxy) is 1. The molecule has 25 heavy (non-hydrogen) atoms. The molecule has 0 saturated carbocycles. The topological polar surface area (TPSA) is 29.5 Å². The number of benzene rings is 2. The maximum absolute atomic E-state index is 12.4. The van der Waals surface area contributed by atoms with E-state index in [4.69, 9.17) is 4.74 Å². The Balaban J connectivity index is 1.52. The summed E-state index contributed by atoms with van der Waals surface area (Å²) >= 11 is 0. The first-order chi connectivity index (χ1) is 11.9. The normalized spacial score (nSPS) is 17.6. The summed E-state index contributed by atoms with van der Waals surface area (Å²) in [6, 6.07) is 18.5. The van der Waals surface area contributed by atoms with Gasteiger partial charge in [-0.3, -0.25) is 4.79 Å². The molecule has 1 unspecified atom stereocenters. The van der Waals surface area contributed by atoms with E-state index in [0.717, 1.165) is 25.3 Å². The van der Waals surface area contributed by atoms with Crippen molar-refractivity contribution in [3.05, 3.63) is 65.7 Å². The molecule has 1 atom stereocenters. The van der Waals surface area contributed by atoms with E-state index in [0.29, 0.717) is 5.92 Å². The van der Waals surface area contributed by atoms with Gasteiger partial charge in [-0.05, 0) is 35.1 Å². The highest BCUT2D eigenvalue weighted by molar-refractivity contribution is 5.78. The molecule has 0 spiro atoms. The van der Waals surface area contributed by atoms with Crippen molar-refractivity contribution in [2.75, 3.05) is 19.7 Å². The fourth-order valence-electron chi connectivity index (χ4n) is 3.27. The molecule has 3 nitrogen and oxygen atoms in total. The Kier molecular flexibility index (Phi) is 5.12. The van der Waals surface area contributed by atoms with Gasteiger partial charge < -0.3 is 9.64 Å². The molecule has 1 fully saturated rings. The van der Waals surface area contributed by atoms with E-state index in [9.17, 15) is 4.79 Å². The molecular weight excluding hydrogens is 310 g/mol. The predicted molar refractivity (Wildman–Crippen MR) is 101 cm³/mol. The van der Waals surface area contributed by atoms with E-state index in [2.05, 4.69) is 57.2 Å². The molecule has 1 aliphatic heterocycles. The van der Waals surface area contributed by atoms with Crippen LogP contribution in [0.4, 0.5) is 0 Å². The van der Waals surface area contributed by atoms with Gasteiger partial charge in [0.15, 0.2) is 6.61 Å². The highest BCUT2D eigenvalue weighted by Crippen LogP contribution is 2.27. The zero-order valence-corrected chi connectivity index (χ0v) is 15.4. The molecule has 3 heteroatoms. The number of carbonyl (C=O) groups is 1. The molecule has 0 aromatic heterocycles. The van der Waals surface area contributed by atoms with Crippen LogP contribution in [0.5, 0.6) is 5.75 Å². The van der Waals surface area contributed by atoms with Gasteiger partial charge in [-0.1, -0.05) is 63.2 Å². The Labute approximate surface area is 150 Å². The van der Waals surface area contributed by atoms with Crippen LogP contribution in [0, 0.1) is 0 Å². The van der Waals surface area contributed by atoms with Gasteiger partial charge in [-0.15, -0.1) is 0 Å². The van der Waals surface area contributed by atoms with Crippen LogP contribution in [-0.2, 0) is 10.2 Å². The minimum absolute atomic E-state index is 0.0679. The highest BCUT2D eigenvalue weighted by atomic mass is 16.5. The molecule has 0 aliphatic carbocycles. The fraction of sp³-hybridized carbons (Fsp3) is 0.409. The average Bonchev–Trinajstić information content (AvgIpc) is 3.10. The maximum atomic E-state index is 12.4. The number of carbonyl (C=O) groups excluding carboxylic acids is 1. The number of nitrogens with zero attached hydrogens (tertiary/aromatic N) is 1. The highest BCUT2D eigenvalue weighted by Gasteiger charge is 2.27. The summed E-state index contributed by atoms with van der Waals surface area (Å²) in [7, 11) is 0. The SMILES string of the molecule is CC(C)(C)c1ccc(OCC(=O)N2CCC(c3ccccc3)C2)cc1. The second-order valence-electron chi connectivity index (χ2n) is 7.80. The lowest BCUT2D eigenvalue weighted by Gasteiger charge is -2.20. The molecule has 1 amide bonds. The second kappa shape index (κ2) is 7.30. The number of likely N-dealkylation sites (tertiary alicyclic amines) is 1. The van der Waals surface area contributed by atoms with Crippen LogP contribution in [-0.4, -0.2) is 30.5 Å². The van der Waals surface area contributed by atoms with Gasteiger partial charge in [-0.2, -0.15) is 0 Å². The molecule has 2 aromatic carbocycles. The summed E-state index contributed by atoms with van der Waals surface area (Å²) in [6.45, 7) is 8.25. The molecule has 3 rings (SSSR count). The molecular formula is C22H27NO2. The van der Waals surface area contributed by atoms with Crippen molar-refractivity contribution in [2.24, 2.45) is 0 Å². The molecule has 2 aromatic rings. The van der Waals surface area contributed by atoms with E-state index < -0.39 is 0 Å². The first-order valence-corrected chi connectivity index (χ1v) is 8.99. The standard InChI is InChI=1S/C22H27NO2/c1-22(2,3)19-9-11-20(12-10-19)25-16-21(24)23-14-13-18(15-23)17-7-5-4-6-8-17/h4-12,18H,13-16H2,1-3H3. The lowest BCUT2D eigenvalue weighted by molar-refractivity contribution is -0.132. The third kappa shape index (κ3) is 4.41. The molecule has 1 heterocycles. The van der Waals surface area contributed by atoms with Gasteiger partial charge in [0.05, 0.1) is 0 Å². The van der Waals surface area contributed by atoms with Crippen LogP contribution in [0.2, 0.25) is 0 Å². The summed E-state index contributed by atoms with van der Waals surface area (Å²) in [4.78, 5) is 14.3. The summed E-state index contributed by atoms with van der Waals surface area (Å²) in [6.07, 6.45) is 1.02. The second-order valence-corrected chi connectivity index (χ2v) is 7.80. The van der Waals surface area contributed by atoms with E-state index in [1.54, 1.807) is 0 Å². The van der Waals surface area contributed by atoms with Crippen LogP contribution >= 0.6 is 0 Å². The number of hydrogen-bond acceptors (Lipinski definition) is 2. The summed E-state index contributed by atoms with van der Waals surface area (Å²) < 4.78 is 5.70. The van der Waals surface area contributed by atoms with E-state index in [1.807, 2.05) is 23.1 Å². The zero-order valence-electron chi connectivity index (χ0n) is 15.4. The Morgan fingerprint density at radius 3 is 2.40 bits per heavy atom. The van der Waals surface area contributed by atoms with Gasteiger partial charge >= 0.3 is 0 Å². The van der Waals surface area contributed by atoms with Crippen molar-refractivity contribution in [1.82, 2.24) is 4.90 Å². The molecule has 0 radical (unpaired) electrons. The van der Waals surface area contributed by atoms with Crippen LogP contribution in [0.1, 0.15) is 44.2 Å². The Bertz CT molecular complexity index is 701. The first-order valence-electron chi connectivity index (χ1n) is 8.99. The largest absolute Gasteiger partial charge is 0.484 e. The van der Waals surface area contributed by atoms with E-state index in [1.165, 1.54) is 11.1 Å². The van der Waals surface area contributed by atoms with E-state index >= 15 is 0 Å². The van der Waals surface area contributed by atoms with Gasteiger partial charge in [0.1, 0.15) is 5.75 Å². The van der Waals surface area contributed by atoms with Crippen molar-refractivity contribution >= 4 is 5.91 Å². The summed E-state index contributed by atoms with van der Waals surface area (Å²) in [5.41, 5.74) is 2.70. The number of hydrogen-bond donors (Lipinski definition) is 0. The summed E-state index contributed by atoms with van der Waals surface area (Å²) in [5.74, 6) is 1.26. The smallest absolute Gasteiger partial charge is 0.260 e. The lowest BCUT2D eigenvalue weighted by Crippen LogP contribution is -2.32. The predicted octanol–water partition coefficient (Wildman–Crippen LogP) is 4.38. The van der Waals surface area contributed by atoms with Gasteiger partial charge in [0.2, 0.25) is 0 Å². The third-order valence-corrected chi connectivity index (χ3v) is 4.89. The average molecular weight is 337 g/mol. The quantitative estimate of drug-likeness (QED) is 0.828. The van der Waals surface area contributed by atoms with Crippen LogP contribution in [0.3, 0.4) is 0 Å². The third-order valence-electron chi connectivity index (χ3n) is 4.89. The molecule has 0 bridgehead atoms. The Morgan fingerprint density at radius 2 is 1.76 bits per heavy atom. The van der Waals surface area contributed by atoms with Crippen LogP contribution < -0.4 is 4.74 Å². The minimum atomic E-state index is 0.0679. The molecule has 1 saturated heterocycles. The molecule has 0 N–H and O–H groups in total. The minimum Gasteiger partial charge on any atom is -0.484 e. The first kappa shape index (κ1) is 17.5. The lowest BCUT2D eigenvalue weighted by atomic mass is 9.87. The monoisotopic (exact) mass is 337 g/mol. The Morgan fingerprint density at radius 1 is 1.08 bits per heavy atom. The van der Waals surface area contributed by atoms with Crippen LogP contribution in [0.25, 0.3) is 0 Å². The zero-order chi connectivity index (χ0) is 17.9. The Hall–Kier alpha value is -2.29. The van der Waals surface area contributed by atoms with Gasteiger partial charge in [0.25, 0.3) is 5.91 Å². The fourth-order valence-corrected chi connectivity index (χ4v) is 3.27. The molecule has 1 aliphatic rings. The van der Waals surface area contributed by atoms with Crippen molar-refractivity contribution in [3.63, 3.8) is 0 Å². The van der Waals surface area contributed by atoms with Crippen molar-refractivity contribution in [1.29, 1.82) is 0 Å². The van der Waals surface area contributed by atoms with Crippen molar-refractivity contribution < 1.29 is 9.53 Å². The number of rotatable bonds is 4. The summed E-state index contributed by atoms with van der Waals surface area (Å²) in [5, 5.41) is 0. The van der Waals surface area contributed by atoms with Gasteiger partial charge in [0, 0.05) is 19.0 Å². The van der Waals surface area contributed by atoms with Crippen molar-refractivity contribution in [2.45, 2.75) is 38.5 Å². The van der Waals surface area contributed by atoms with Crippen molar-refractivity contribution in [3.8, 4) is 5.75 Å².